The number of hydrogen-bond acceptors (Lipinski definition) is 3. The normalized spacial score (nSPS) is 10.9. The number of carbonyl (C=O) groups is 1. The Balaban J connectivity index is 2.15. The fourth-order valence-electron chi connectivity index (χ4n) is 1.86. The van der Waals surface area contributed by atoms with Gasteiger partial charge in [-0.05, 0) is 45.3 Å². The molecule has 6 heteroatoms. The van der Waals surface area contributed by atoms with Gasteiger partial charge in [0, 0.05) is 6.54 Å². The lowest BCUT2D eigenvalue weighted by Gasteiger charge is -2.05. The lowest BCUT2D eigenvalue weighted by molar-refractivity contribution is -0.117. The Morgan fingerprint density at radius 1 is 1.35 bits per heavy atom. The number of benzene rings is 2. The number of nitriles is 1. The molecule has 2 aromatic carbocycles. The number of halogens is 2. The second kappa shape index (κ2) is 7.82. The molecule has 0 heterocycles. The van der Waals surface area contributed by atoms with E-state index in [4.69, 9.17) is 11.6 Å². The molecule has 1 amide bonds. The highest BCUT2D eigenvalue weighted by molar-refractivity contribution is 9.10. The van der Waals surface area contributed by atoms with Gasteiger partial charge in [0.25, 0.3) is 5.91 Å². The summed E-state index contributed by atoms with van der Waals surface area (Å²) in [6.45, 7) is 0.332. The van der Waals surface area contributed by atoms with Crippen LogP contribution in [0, 0.1) is 11.3 Å². The van der Waals surface area contributed by atoms with Crippen molar-refractivity contribution in [1.82, 2.24) is 5.32 Å². The van der Waals surface area contributed by atoms with Crippen LogP contribution in [0.4, 0.5) is 0 Å². The van der Waals surface area contributed by atoms with Crippen molar-refractivity contribution >= 4 is 39.5 Å². The molecule has 0 unspecified atom stereocenters. The van der Waals surface area contributed by atoms with E-state index in [0.29, 0.717) is 16.6 Å². The van der Waals surface area contributed by atoms with Crippen LogP contribution in [-0.4, -0.2) is 11.0 Å². The summed E-state index contributed by atoms with van der Waals surface area (Å²) in [7, 11) is 0. The van der Waals surface area contributed by atoms with Gasteiger partial charge in [-0.3, -0.25) is 4.79 Å². The number of amides is 1. The molecule has 0 atom stereocenters. The van der Waals surface area contributed by atoms with Crippen molar-refractivity contribution in [3.63, 3.8) is 0 Å². The average Bonchev–Trinajstić information content (AvgIpc) is 2.56. The van der Waals surface area contributed by atoms with E-state index < -0.39 is 5.91 Å². The minimum Gasteiger partial charge on any atom is -0.505 e. The number of phenols is 1. The molecule has 0 aliphatic heterocycles. The molecule has 0 saturated heterocycles. The first-order valence-corrected chi connectivity index (χ1v) is 7.80. The van der Waals surface area contributed by atoms with E-state index in [1.807, 2.05) is 36.4 Å². The van der Waals surface area contributed by atoms with Crippen LogP contribution >= 0.6 is 27.5 Å². The van der Waals surface area contributed by atoms with Crippen molar-refractivity contribution in [2.45, 2.75) is 6.54 Å². The lowest BCUT2D eigenvalue weighted by atomic mass is 10.1. The van der Waals surface area contributed by atoms with Crippen LogP contribution < -0.4 is 5.32 Å². The van der Waals surface area contributed by atoms with Gasteiger partial charge in [0.1, 0.15) is 17.4 Å². The van der Waals surface area contributed by atoms with Crippen LogP contribution in [0.1, 0.15) is 11.1 Å². The van der Waals surface area contributed by atoms with E-state index >= 15 is 0 Å². The molecule has 0 fully saturated rings. The van der Waals surface area contributed by atoms with E-state index in [2.05, 4.69) is 21.2 Å². The Hall–Kier alpha value is -2.29. The number of carbonyl (C=O) groups excluding carboxylic acids is 1. The van der Waals surface area contributed by atoms with Gasteiger partial charge in [0.05, 0.1) is 9.50 Å². The SMILES string of the molecule is N#C/C(=C/c1cc(Cl)c(O)c(Br)c1)C(=O)NCc1ccccc1. The molecule has 23 heavy (non-hydrogen) atoms. The third-order valence-corrected chi connectivity index (χ3v) is 3.90. The number of phenolic OH excluding ortho intramolecular Hbond substituents is 1. The molecular formula is C17H12BrClN2O2. The summed E-state index contributed by atoms with van der Waals surface area (Å²) >= 11 is 9.03. The Morgan fingerprint density at radius 3 is 2.65 bits per heavy atom. The zero-order valence-electron chi connectivity index (χ0n) is 11.9. The van der Waals surface area contributed by atoms with Crippen molar-refractivity contribution < 1.29 is 9.90 Å². The maximum absolute atomic E-state index is 12.1. The van der Waals surface area contributed by atoms with Crippen molar-refractivity contribution in [3.05, 3.63) is 68.7 Å². The summed E-state index contributed by atoms with van der Waals surface area (Å²) in [5.74, 6) is -0.562. The van der Waals surface area contributed by atoms with Gasteiger partial charge in [-0.1, -0.05) is 41.9 Å². The molecule has 2 N–H and O–H groups in total. The Labute approximate surface area is 147 Å². The largest absolute Gasteiger partial charge is 0.505 e. The van der Waals surface area contributed by atoms with Gasteiger partial charge in [-0.2, -0.15) is 5.26 Å². The average molecular weight is 392 g/mol. The van der Waals surface area contributed by atoms with Crippen molar-refractivity contribution in [2.24, 2.45) is 0 Å². The molecule has 0 aromatic heterocycles. The maximum atomic E-state index is 12.1. The second-order valence-electron chi connectivity index (χ2n) is 4.67. The summed E-state index contributed by atoms with van der Waals surface area (Å²) in [4.78, 5) is 12.1. The first kappa shape index (κ1) is 17.1. The van der Waals surface area contributed by atoms with E-state index in [1.165, 1.54) is 12.1 Å². The third-order valence-electron chi connectivity index (χ3n) is 3.01. The minimum absolute atomic E-state index is 0.0467. The molecule has 2 aromatic rings. The van der Waals surface area contributed by atoms with Crippen LogP contribution in [0.3, 0.4) is 0 Å². The van der Waals surface area contributed by atoms with Gasteiger partial charge in [0.2, 0.25) is 0 Å². The maximum Gasteiger partial charge on any atom is 0.262 e. The quantitative estimate of drug-likeness (QED) is 0.610. The van der Waals surface area contributed by atoms with Crippen LogP contribution in [0.15, 0.2) is 52.5 Å². The Bertz CT molecular complexity index is 775. The summed E-state index contributed by atoms with van der Waals surface area (Å²) in [5.41, 5.74) is 1.43. The second-order valence-corrected chi connectivity index (χ2v) is 5.93. The van der Waals surface area contributed by atoms with Gasteiger partial charge < -0.3 is 10.4 Å². The summed E-state index contributed by atoms with van der Waals surface area (Å²) in [6.07, 6.45) is 1.41. The third kappa shape index (κ3) is 4.59. The molecule has 0 aliphatic carbocycles. The van der Waals surface area contributed by atoms with Crippen molar-refractivity contribution in [3.8, 4) is 11.8 Å². The number of aromatic hydroxyl groups is 1. The Morgan fingerprint density at radius 2 is 2.04 bits per heavy atom. The Kier molecular flexibility index (Phi) is 5.80. The number of nitrogens with zero attached hydrogens (tertiary/aromatic N) is 1. The van der Waals surface area contributed by atoms with Gasteiger partial charge in [-0.25, -0.2) is 0 Å². The fraction of sp³-hybridized carbons (Fsp3) is 0.0588. The monoisotopic (exact) mass is 390 g/mol. The summed E-state index contributed by atoms with van der Waals surface area (Å²) in [6, 6.07) is 14.3. The zero-order valence-corrected chi connectivity index (χ0v) is 14.2. The smallest absolute Gasteiger partial charge is 0.262 e. The van der Waals surface area contributed by atoms with Gasteiger partial charge in [0.15, 0.2) is 0 Å². The predicted octanol–water partition coefficient (Wildman–Crippen LogP) is 4.03. The molecule has 0 radical (unpaired) electrons. The lowest BCUT2D eigenvalue weighted by Crippen LogP contribution is -2.23. The summed E-state index contributed by atoms with van der Waals surface area (Å²) < 4.78 is 0.387. The number of hydrogen-bond donors (Lipinski definition) is 2. The standard InChI is InChI=1S/C17H12BrClN2O2/c18-14-7-12(8-15(19)16(14)22)6-13(9-20)17(23)21-10-11-4-2-1-3-5-11/h1-8,22H,10H2,(H,21,23)/b13-6-. The molecule has 116 valence electrons. The molecule has 2 rings (SSSR count). The molecule has 0 bridgehead atoms. The van der Waals surface area contributed by atoms with Gasteiger partial charge >= 0.3 is 0 Å². The van der Waals surface area contributed by atoms with Gasteiger partial charge in [-0.15, -0.1) is 0 Å². The molecule has 0 spiro atoms. The fourth-order valence-corrected chi connectivity index (χ4v) is 2.68. The first-order chi connectivity index (χ1) is 11.0. The van der Waals surface area contributed by atoms with Crippen molar-refractivity contribution in [1.29, 1.82) is 5.26 Å². The number of rotatable bonds is 4. The first-order valence-electron chi connectivity index (χ1n) is 6.63. The minimum atomic E-state index is -0.475. The highest BCUT2D eigenvalue weighted by atomic mass is 79.9. The van der Waals surface area contributed by atoms with Crippen molar-refractivity contribution in [2.75, 3.05) is 0 Å². The van der Waals surface area contributed by atoms with Crippen LogP contribution in [0.25, 0.3) is 6.08 Å². The predicted molar refractivity (Wildman–Crippen MR) is 92.7 cm³/mol. The van der Waals surface area contributed by atoms with E-state index in [1.54, 1.807) is 6.07 Å². The van der Waals surface area contributed by atoms with E-state index in [-0.39, 0.29) is 16.3 Å². The highest BCUT2D eigenvalue weighted by Crippen LogP contribution is 2.33. The topological polar surface area (TPSA) is 73.1 Å². The molecular weight excluding hydrogens is 380 g/mol. The van der Waals surface area contributed by atoms with E-state index in [0.717, 1.165) is 5.56 Å². The van der Waals surface area contributed by atoms with Crippen LogP contribution in [0.2, 0.25) is 5.02 Å². The number of nitrogens with one attached hydrogen (secondary N) is 1. The van der Waals surface area contributed by atoms with Crippen LogP contribution in [0.5, 0.6) is 5.75 Å². The molecule has 0 saturated carbocycles. The summed E-state index contributed by atoms with van der Waals surface area (Å²) in [5, 5.41) is 21.6. The highest BCUT2D eigenvalue weighted by Gasteiger charge is 2.11. The van der Waals surface area contributed by atoms with Crippen LogP contribution in [-0.2, 0) is 11.3 Å². The molecule has 0 aliphatic rings. The zero-order chi connectivity index (χ0) is 16.8. The van der Waals surface area contributed by atoms with E-state index in [9.17, 15) is 15.2 Å². The molecule has 4 nitrogen and oxygen atoms in total.